The number of carbonyl (C=O) groups excluding carboxylic acids is 1. The predicted octanol–water partition coefficient (Wildman–Crippen LogP) is 2.85. The summed E-state index contributed by atoms with van der Waals surface area (Å²) >= 11 is 0. The van der Waals surface area contributed by atoms with Gasteiger partial charge in [0.05, 0.1) is 6.04 Å². The predicted molar refractivity (Wildman–Crippen MR) is 92.9 cm³/mol. The van der Waals surface area contributed by atoms with Crippen molar-refractivity contribution in [3.05, 3.63) is 53.3 Å². The van der Waals surface area contributed by atoms with Crippen molar-refractivity contribution >= 4 is 5.91 Å². The van der Waals surface area contributed by atoms with E-state index in [4.69, 9.17) is 0 Å². The average Bonchev–Trinajstić information content (AvgIpc) is 3.12. The van der Waals surface area contributed by atoms with Crippen LogP contribution in [0.3, 0.4) is 0 Å². The summed E-state index contributed by atoms with van der Waals surface area (Å²) < 4.78 is 0. The van der Waals surface area contributed by atoms with Gasteiger partial charge in [0.15, 0.2) is 0 Å². The lowest BCUT2D eigenvalue weighted by Crippen LogP contribution is -2.36. The molecule has 1 aliphatic carbocycles. The highest BCUT2D eigenvalue weighted by molar-refractivity contribution is 5.92. The SMILES string of the molecule is O=C(NCC(c1ccccc1)N1CCCC1)c1cc(C2CC2)[nH]n1. The summed E-state index contributed by atoms with van der Waals surface area (Å²) in [5.41, 5.74) is 2.87. The summed E-state index contributed by atoms with van der Waals surface area (Å²) in [6.07, 6.45) is 4.88. The van der Waals surface area contributed by atoms with Crippen molar-refractivity contribution in [3.63, 3.8) is 0 Å². The van der Waals surface area contributed by atoms with Gasteiger partial charge in [0, 0.05) is 18.2 Å². The summed E-state index contributed by atoms with van der Waals surface area (Å²) in [7, 11) is 0. The van der Waals surface area contributed by atoms with Gasteiger partial charge in [-0.3, -0.25) is 14.8 Å². The Morgan fingerprint density at radius 3 is 2.71 bits per heavy atom. The first kappa shape index (κ1) is 15.4. The van der Waals surface area contributed by atoms with Gasteiger partial charge in [-0.1, -0.05) is 30.3 Å². The smallest absolute Gasteiger partial charge is 0.271 e. The van der Waals surface area contributed by atoms with Crippen molar-refractivity contribution in [1.29, 1.82) is 0 Å². The molecule has 126 valence electrons. The lowest BCUT2D eigenvalue weighted by Gasteiger charge is -2.28. The number of nitrogens with zero attached hydrogens (tertiary/aromatic N) is 2. The number of amides is 1. The van der Waals surface area contributed by atoms with E-state index in [2.05, 4.69) is 44.7 Å². The molecular weight excluding hydrogens is 300 g/mol. The van der Waals surface area contributed by atoms with E-state index in [-0.39, 0.29) is 11.9 Å². The second-order valence-electron chi connectivity index (χ2n) is 6.86. The maximum atomic E-state index is 12.4. The van der Waals surface area contributed by atoms with Gasteiger partial charge in [-0.2, -0.15) is 5.10 Å². The zero-order chi connectivity index (χ0) is 16.4. The first-order valence-corrected chi connectivity index (χ1v) is 8.94. The van der Waals surface area contributed by atoms with Crippen LogP contribution in [0.4, 0.5) is 0 Å². The molecule has 0 radical (unpaired) electrons. The molecule has 4 rings (SSSR count). The van der Waals surface area contributed by atoms with Crippen molar-refractivity contribution in [2.24, 2.45) is 0 Å². The van der Waals surface area contributed by atoms with E-state index in [0.717, 1.165) is 18.8 Å². The standard InChI is InChI=1S/C19H24N4O/c24-19(17-12-16(21-22-17)14-8-9-14)20-13-18(23-10-4-5-11-23)15-6-2-1-3-7-15/h1-3,6-7,12,14,18H,4-5,8-11,13H2,(H,20,24)(H,21,22). The number of rotatable bonds is 6. The topological polar surface area (TPSA) is 61.0 Å². The van der Waals surface area contributed by atoms with Gasteiger partial charge in [-0.05, 0) is 50.4 Å². The van der Waals surface area contributed by atoms with Crippen LogP contribution in [0.5, 0.6) is 0 Å². The van der Waals surface area contributed by atoms with Crippen molar-refractivity contribution < 1.29 is 4.79 Å². The molecule has 2 aromatic rings. The minimum absolute atomic E-state index is 0.0849. The third-order valence-corrected chi connectivity index (χ3v) is 5.07. The lowest BCUT2D eigenvalue weighted by atomic mass is 10.1. The molecular formula is C19H24N4O. The van der Waals surface area contributed by atoms with Crippen LogP contribution in [0.1, 0.15) is 59.4 Å². The average molecular weight is 324 g/mol. The molecule has 0 bridgehead atoms. The molecule has 1 aromatic carbocycles. The highest BCUT2D eigenvalue weighted by Crippen LogP contribution is 2.39. The van der Waals surface area contributed by atoms with Crippen LogP contribution in [0, 0.1) is 0 Å². The molecule has 2 fully saturated rings. The van der Waals surface area contributed by atoms with Crippen LogP contribution >= 0.6 is 0 Å². The summed E-state index contributed by atoms with van der Waals surface area (Å²) in [6.45, 7) is 2.82. The normalized spacial score (nSPS) is 19.3. The molecule has 1 aliphatic heterocycles. The first-order chi connectivity index (χ1) is 11.8. The van der Waals surface area contributed by atoms with E-state index in [1.165, 1.54) is 31.2 Å². The van der Waals surface area contributed by atoms with Gasteiger partial charge >= 0.3 is 0 Å². The van der Waals surface area contributed by atoms with E-state index in [0.29, 0.717) is 18.2 Å². The number of benzene rings is 1. The number of aromatic nitrogens is 2. The number of carbonyl (C=O) groups is 1. The Morgan fingerprint density at radius 2 is 2.00 bits per heavy atom. The zero-order valence-electron chi connectivity index (χ0n) is 13.9. The Balaban J connectivity index is 1.43. The fourth-order valence-corrected chi connectivity index (χ4v) is 3.52. The Kier molecular flexibility index (Phi) is 4.34. The summed E-state index contributed by atoms with van der Waals surface area (Å²) in [4.78, 5) is 14.9. The van der Waals surface area contributed by atoms with Gasteiger partial charge in [-0.25, -0.2) is 0 Å². The Labute approximate surface area is 142 Å². The highest BCUT2D eigenvalue weighted by atomic mass is 16.1. The van der Waals surface area contributed by atoms with Crippen LogP contribution in [-0.2, 0) is 0 Å². The summed E-state index contributed by atoms with van der Waals surface area (Å²) in [5, 5.41) is 10.3. The summed E-state index contributed by atoms with van der Waals surface area (Å²) in [6, 6.07) is 12.6. The highest BCUT2D eigenvalue weighted by Gasteiger charge is 2.27. The van der Waals surface area contributed by atoms with Gasteiger partial charge in [0.1, 0.15) is 5.69 Å². The van der Waals surface area contributed by atoms with E-state index in [1.54, 1.807) is 0 Å². The third-order valence-electron chi connectivity index (χ3n) is 5.07. The minimum atomic E-state index is -0.0849. The van der Waals surface area contributed by atoms with E-state index in [1.807, 2.05) is 12.1 Å². The largest absolute Gasteiger partial charge is 0.349 e. The molecule has 5 nitrogen and oxygen atoms in total. The molecule has 2 aliphatic rings. The number of hydrogen-bond acceptors (Lipinski definition) is 3. The number of H-pyrrole nitrogens is 1. The molecule has 2 N–H and O–H groups in total. The monoisotopic (exact) mass is 324 g/mol. The van der Waals surface area contributed by atoms with E-state index in [9.17, 15) is 4.79 Å². The molecule has 1 saturated carbocycles. The number of nitrogens with one attached hydrogen (secondary N) is 2. The first-order valence-electron chi connectivity index (χ1n) is 8.94. The number of hydrogen-bond donors (Lipinski definition) is 2. The van der Waals surface area contributed by atoms with Crippen LogP contribution in [0.2, 0.25) is 0 Å². The zero-order valence-corrected chi connectivity index (χ0v) is 13.9. The maximum Gasteiger partial charge on any atom is 0.271 e. The second-order valence-corrected chi connectivity index (χ2v) is 6.86. The molecule has 1 amide bonds. The molecule has 24 heavy (non-hydrogen) atoms. The van der Waals surface area contributed by atoms with Crippen LogP contribution in [0.25, 0.3) is 0 Å². The van der Waals surface area contributed by atoms with Gasteiger partial charge in [0.25, 0.3) is 5.91 Å². The van der Waals surface area contributed by atoms with Gasteiger partial charge in [0.2, 0.25) is 0 Å². The van der Waals surface area contributed by atoms with E-state index >= 15 is 0 Å². The fraction of sp³-hybridized carbons (Fsp3) is 0.474. The minimum Gasteiger partial charge on any atom is -0.349 e. The van der Waals surface area contributed by atoms with Gasteiger partial charge in [-0.15, -0.1) is 0 Å². The second kappa shape index (κ2) is 6.77. The van der Waals surface area contributed by atoms with Crippen LogP contribution in [-0.4, -0.2) is 40.6 Å². The molecule has 1 atom stereocenters. The van der Waals surface area contributed by atoms with Crippen molar-refractivity contribution in [2.45, 2.75) is 37.6 Å². The molecule has 5 heteroatoms. The lowest BCUT2D eigenvalue weighted by molar-refractivity contribution is 0.0933. The van der Waals surface area contributed by atoms with Gasteiger partial charge < -0.3 is 5.32 Å². The van der Waals surface area contributed by atoms with Crippen LogP contribution in [0.15, 0.2) is 36.4 Å². The van der Waals surface area contributed by atoms with E-state index < -0.39 is 0 Å². The summed E-state index contributed by atoms with van der Waals surface area (Å²) in [5.74, 6) is 0.499. The quantitative estimate of drug-likeness (QED) is 0.859. The van der Waals surface area contributed by atoms with Crippen molar-refractivity contribution in [2.75, 3.05) is 19.6 Å². The fourth-order valence-electron chi connectivity index (χ4n) is 3.52. The molecule has 0 spiro atoms. The van der Waals surface area contributed by atoms with Crippen molar-refractivity contribution in [1.82, 2.24) is 20.4 Å². The Bertz CT molecular complexity index is 686. The van der Waals surface area contributed by atoms with Crippen LogP contribution < -0.4 is 5.32 Å². The maximum absolute atomic E-state index is 12.4. The number of aromatic amines is 1. The molecule has 2 heterocycles. The van der Waals surface area contributed by atoms with Crippen molar-refractivity contribution in [3.8, 4) is 0 Å². The molecule has 1 unspecified atom stereocenters. The molecule has 1 saturated heterocycles. The number of likely N-dealkylation sites (tertiary alicyclic amines) is 1. The Morgan fingerprint density at radius 1 is 1.25 bits per heavy atom. The Hall–Kier alpha value is -2.14. The molecule has 1 aromatic heterocycles. The third kappa shape index (κ3) is 3.36.